The summed E-state index contributed by atoms with van der Waals surface area (Å²) in [5, 5.41) is 0. The highest BCUT2D eigenvalue weighted by Crippen LogP contribution is 2.44. The van der Waals surface area contributed by atoms with E-state index < -0.39 is 0 Å². The fourth-order valence-electron chi connectivity index (χ4n) is 11.2. The van der Waals surface area contributed by atoms with E-state index in [0.29, 0.717) is 25.0 Å². The van der Waals surface area contributed by atoms with Crippen molar-refractivity contribution in [2.75, 3.05) is 13.2 Å². The van der Waals surface area contributed by atoms with Gasteiger partial charge in [0.05, 0.1) is 12.5 Å². The molecule has 0 radical (unpaired) electrons. The highest BCUT2D eigenvalue weighted by Gasteiger charge is 2.36. The first kappa shape index (κ1) is 38.6. The van der Waals surface area contributed by atoms with E-state index in [2.05, 4.69) is 13.8 Å². The molecule has 0 amide bonds. The first-order chi connectivity index (χ1) is 23.6. The van der Waals surface area contributed by atoms with Crippen molar-refractivity contribution in [3.63, 3.8) is 0 Å². The molecule has 5 aliphatic carbocycles. The summed E-state index contributed by atoms with van der Waals surface area (Å²) in [7, 11) is 0. The van der Waals surface area contributed by atoms with E-state index in [-0.39, 0.29) is 18.0 Å². The second-order valence-corrected chi connectivity index (χ2v) is 17.9. The Morgan fingerprint density at radius 3 is 1.46 bits per heavy atom. The predicted octanol–water partition coefficient (Wildman–Crippen LogP) is 12.8. The van der Waals surface area contributed by atoms with Gasteiger partial charge >= 0.3 is 5.97 Å². The molecule has 1 atom stereocenters. The van der Waals surface area contributed by atoms with Gasteiger partial charge in [0.1, 0.15) is 12.7 Å². The Morgan fingerprint density at radius 1 is 0.521 bits per heavy atom. The number of hydrogen-bond acceptors (Lipinski definition) is 4. The second kappa shape index (κ2) is 21.7. The highest BCUT2D eigenvalue weighted by molar-refractivity contribution is 5.72. The van der Waals surface area contributed by atoms with E-state index >= 15 is 0 Å². The van der Waals surface area contributed by atoms with Crippen molar-refractivity contribution in [1.29, 1.82) is 0 Å². The Balaban J connectivity index is 0.964. The molecule has 5 saturated carbocycles. The predicted molar refractivity (Wildman–Crippen MR) is 198 cm³/mol. The van der Waals surface area contributed by atoms with E-state index in [0.717, 1.165) is 61.2 Å². The zero-order valence-corrected chi connectivity index (χ0v) is 31.8. The molecule has 278 valence electrons. The summed E-state index contributed by atoms with van der Waals surface area (Å²) < 4.78 is 6.34. The third-order valence-corrected chi connectivity index (χ3v) is 14.6. The average Bonchev–Trinajstić information content (AvgIpc) is 3.14. The summed E-state index contributed by atoms with van der Waals surface area (Å²) in [4.78, 5) is 25.3. The minimum Gasteiger partial charge on any atom is -0.459 e. The number of ether oxygens (including phenoxy) is 1. The van der Waals surface area contributed by atoms with Crippen LogP contribution in [0.3, 0.4) is 0 Å². The maximum Gasteiger partial charge on any atom is 0.309 e. The molecule has 0 spiro atoms. The molecule has 5 fully saturated rings. The molecule has 0 aromatic heterocycles. The largest absolute Gasteiger partial charge is 0.459 e. The molecule has 0 heterocycles. The highest BCUT2D eigenvalue weighted by atomic mass is 17.2. The lowest BCUT2D eigenvalue weighted by Gasteiger charge is -2.38. The Hall–Kier alpha value is -0.610. The fourth-order valence-corrected chi connectivity index (χ4v) is 11.2. The van der Waals surface area contributed by atoms with Crippen LogP contribution in [0.5, 0.6) is 0 Å². The van der Waals surface area contributed by atoms with Crippen molar-refractivity contribution in [2.45, 2.75) is 206 Å². The molecule has 5 aliphatic rings. The lowest BCUT2D eigenvalue weighted by Crippen LogP contribution is -2.36. The number of rotatable bonds is 18. The fraction of sp³-hybridized carbons (Fsp3) is 0.977. The van der Waals surface area contributed by atoms with Gasteiger partial charge in [-0.15, -0.1) is 0 Å². The molecule has 0 N–H and O–H groups in total. The molecule has 1 unspecified atom stereocenters. The van der Waals surface area contributed by atoms with Crippen molar-refractivity contribution in [3.05, 3.63) is 0 Å². The second-order valence-electron chi connectivity index (χ2n) is 17.9. The minimum absolute atomic E-state index is 0.0561. The van der Waals surface area contributed by atoms with Gasteiger partial charge in [0, 0.05) is 0 Å². The number of esters is 1. The van der Waals surface area contributed by atoms with Gasteiger partial charge in [-0.3, -0.25) is 4.79 Å². The van der Waals surface area contributed by atoms with Gasteiger partial charge in [-0.05, 0) is 137 Å². The maximum absolute atomic E-state index is 13.5. The van der Waals surface area contributed by atoms with Crippen molar-refractivity contribution in [1.82, 2.24) is 0 Å². The van der Waals surface area contributed by atoms with Gasteiger partial charge in [0.25, 0.3) is 0 Å². The smallest absolute Gasteiger partial charge is 0.309 e. The van der Waals surface area contributed by atoms with Gasteiger partial charge < -0.3 is 4.74 Å². The normalized spacial score (nSPS) is 34.5. The topological polar surface area (TPSA) is 44.8 Å². The summed E-state index contributed by atoms with van der Waals surface area (Å²) in [6.07, 6.45) is 38.8. The number of hydrogen-bond donors (Lipinski definition) is 0. The maximum atomic E-state index is 13.5. The van der Waals surface area contributed by atoms with Gasteiger partial charge in [0.2, 0.25) is 0 Å². The SMILES string of the molecule is CCCCCC1CCC(C2CCC(COOCC(OC(=O)C3CCC(C4CCC(CCCCC)CC4)CC3)C3CCCCC3)CC2)CC1. The standard InChI is InChI=1S/C44H78O4/c1-3-5-8-12-34-16-22-37(23-17-34)39-26-20-36(21-27-39)32-46-47-33-43(41-14-10-7-11-15-41)48-44(45)42-30-28-40(29-31-42)38-24-18-35(19-25-38)13-9-6-4-2/h34-43H,3-33H2,1-2H3. The summed E-state index contributed by atoms with van der Waals surface area (Å²) in [5.74, 6) is 6.84. The lowest BCUT2D eigenvalue weighted by molar-refractivity contribution is -0.316. The molecule has 0 aromatic rings. The van der Waals surface area contributed by atoms with E-state index in [1.54, 1.807) is 0 Å². The molecule has 0 aliphatic heterocycles. The molecular formula is C44H78O4. The number of carbonyl (C=O) groups is 1. The van der Waals surface area contributed by atoms with Crippen molar-refractivity contribution in [2.24, 2.45) is 53.3 Å². The van der Waals surface area contributed by atoms with Crippen LogP contribution in [-0.4, -0.2) is 25.3 Å². The monoisotopic (exact) mass is 671 g/mol. The molecule has 0 aromatic carbocycles. The molecule has 5 rings (SSSR count). The molecule has 4 heteroatoms. The van der Waals surface area contributed by atoms with Crippen LogP contribution >= 0.6 is 0 Å². The van der Waals surface area contributed by atoms with Crippen LogP contribution in [0.25, 0.3) is 0 Å². The van der Waals surface area contributed by atoms with Gasteiger partial charge in [0.15, 0.2) is 0 Å². The van der Waals surface area contributed by atoms with Crippen molar-refractivity contribution in [3.8, 4) is 0 Å². The first-order valence-corrected chi connectivity index (χ1v) is 22.1. The summed E-state index contributed by atoms with van der Waals surface area (Å²) >= 11 is 0. The van der Waals surface area contributed by atoms with Crippen LogP contribution in [0.2, 0.25) is 0 Å². The van der Waals surface area contributed by atoms with E-state index in [1.807, 2.05) is 0 Å². The van der Waals surface area contributed by atoms with Crippen LogP contribution in [0.4, 0.5) is 0 Å². The Morgan fingerprint density at radius 2 is 0.979 bits per heavy atom. The molecule has 0 saturated heterocycles. The van der Waals surface area contributed by atoms with Gasteiger partial charge in [-0.2, -0.15) is 0 Å². The first-order valence-electron chi connectivity index (χ1n) is 22.1. The molecular weight excluding hydrogens is 592 g/mol. The average molecular weight is 671 g/mol. The Labute approximate surface area is 297 Å². The van der Waals surface area contributed by atoms with Crippen LogP contribution in [0, 0.1) is 53.3 Å². The lowest BCUT2D eigenvalue weighted by atomic mass is 9.68. The summed E-state index contributed by atoms with van der Waals surface area (Å²) in [6.45, 7) is 5.74. The zero-order valence-electron chi connectivity index (χ0n) is 31.8. The van der Waals surface area contributed by atoms with Gasteiger partial charge in [-0.1, -0.05) is 110 Å². The number of unbranched alkanes of at least 4 members (excludes halogenated alkanes) is 4. The third kappa shape index (κ3) is 12.6. The van der Waals surface area contributed by atoms with Crippen molar-refractivity contribution >= 4 is 5.97 Å². The molecule has 4 nitrogen and oxygen atoms in total. The Kier molecular flexibility index (Phi) is 17.4. The zero-order chi connectivity index (χ0) is 33.4. The van der Waals surface area contributed by atoms with Crippen LogP contribution in [0.15, 0.2) is 0 Å². The van der Waals surface area contributed by atoms with Crippen LogP contribution in [-0.2, 0) is 19.3 Å². The summed E-state index contributed by atoms with van der Waals surface area (Å²) in [5.41, 5.74) is 0. The van der Waals surface area contributed by atoms with Crippen LogP contribution in [0.1, 0.15) is 200 Å². The Bertz CT molecular complexity index is 836. The van der Waals surface area contributed by atoms with E-state index in [9.17, 15) is 4.79 Å². The van der Waals surface area contributed by atoms with E-state index in [4.69, 9.17) is 14.5 Å². The quantitative estimate of drug-likeness (QED) is 0.0630. The summed E-state index contributed by atoms with van der Waals surface area (Å²) in [6, 6.07) is 0. The number of carbonyl (C=O) groups excluding carboxylic acids is 1. The van der Waals surface area contributed by atoms with Crippen LogP contribution < -0.4 is 0 Å². The molecule has 0 bridgehead atoms. The van der Waals surface area contributed by atoms with E-state index in [1.165, 1.54) is 161 Å². The minimum atomic E-state index is -0.147. The third-order valence-electron chi connectivity index (χ3n) is 14.6. The van der Waals surface area contributed by atoms with Gasteiger partial charge in [-0.25, -0.2) is 9.78 Å². The molecule has 48 heavy (non-hydrogen) atoms. The van der Waals surface area contributed by atoms with Crippen molar-refractivity contribution < 1.29 is 19.3 Å².